The van der Waals surface area contributed by atoms with Gasteiger partial charge >= 0.3 is 0 Å². The van der Waals surface area contributed by atoms with Crippen LogP contribution in [0.15, 0.2) is 48.7 Å². The molecule has 1 aliphatic rings. The number of aromatic hydroxyl groups is 1. The molecule has 6 nitrogen and oxygen atoms in total. The van der Waals surface area contributed by atoms with Crippen molar-refractivity contribution >= 4 is 34.1 Å². The number of benzene rings is 2. The second kappa shape index (κ2) is 8.79. The second-order valence-corrected chi connectivity index (χ2v) is 7.98. The zero-order chi connectivity index (χ0) is 21.1. The van der Waals surface area contributed by atoms with Gasteiger partial charge in [0, 0.05) is 34.4 Å². The molecule has 30 heavy (non-hydrogen) atoms. The minimum absolute atomic E-state index is 0.0628. The van der Waals surface area contributed by atoms with Crippen molar-refractivity contribution in [1.29, 1.82) is 0 Å². The second-order valence-electron chi connectivity index (χ2n) is 7.54. The maximum Gasteiger partial charge on any atom is 0.259 e. The van der Waals surface area contributed by atoms with Crippen molar-refractivity contribution in [2.45, 2.75) is 37.8 Å². The first-order valence-corrected chi connectivity index (χ1v) is 10.4. The Morgan fingerprint density at radius 3 is 2.67 bits per heavy atom. The van der Waals surface area contributed by atoms with E-state index in [1.54, 1.807) is 18.3 Å². The highest BCUT2D eigenvalue weighted by Crippen LogP contribution is 2.30. The quantitative estimate of drug-likeness (QED) is 0.549. The molecule has 3 aromatic rings. The van der Waals surface area contributed by atoms with Crippen molar-refractivity contribution in [2.75, 3.05) is 12.4 Å². The molecule has 0 saturated heterocycles. The SMILES string of the molecule is COc1cccc(O)c1C(=O)NC1CCC(Nc2ccnc3cc(Cl)ccc23)CC1. The van der Waals surface area contributed by atoms with Crippen LogP contribution >= 0.6 is 11.6 Å². The summed E-state index contributed by atoms with van der Waals surface area (Å²) in [6.45, 7) is 0. The van der Waals surface area contributed by atoms with Crippen LogP contribution in [0.4, 0.5) is 5.69 Å². The molecule has 4 rings (SSSR count). The van der Waals surface area contributed by atoms with Crippen LogP contribution in [0.1, 0.15) is 36.0 Å². The molecular weight excluding hydrogens is 402 g/mol. The molecule has 3 N–H and O–H groups in total. The number of nitrogens with one attached hydrogen (secondary N) is 2. The number of aromatic nitrogens is 1. The summed E-state index contributed by atoms with van der Waals surface area (Å²) in [7, 11) is 1.49. The number of hydrogen-bond acceptors (Lipinski definition) is 5. The Morgan fingerprint density at radius 1 is 1.13 bits per heavy atom. The van der Waals surface area contributed by atoms with Crippen LogP contribution in [0, 0.1) is 0 Å². The van der Waals surface area contributed by atoms with Gasteiger partial charge < -0.3 is 20.5 Å². The lowest BCUT2D eigenvalue weighted by molar-refractivity contribution is 0.0920. The highest BCUT2D eigenvalue weighted by molar-refractivity contribution is 6.31. The number of amides is 1. The minimum atomic E-state index is -0.307. The molecular formula is C23H24ClN3O3. The van der Waals surface area contributed by atoms with E-state index in [9.17, 15) is 9.90 Å². The van der Waals surface area contributed by atoms with Gasteiger partial charge in [-0.15, -0.1) is 0 Å². The van der Waals surface area contributed by atoms with Gasteiger partial charge in [0.2, 0.25) is 0 Å². The zero-order valence-electron chi connectivity index (χ0n) is 16.7. The number of pyridine rings is 1. The molecule has 1 aliphatic carbocycles. The van der Waals surface area contributed by atoms with Gasteiger partial charge in [-0.2, -0.15) is 0 Å². The van der Waals surface area contributed by atoms with Crippen LogP contribution in [0.5, 0.6) is 11.5 Å². The molecule has 1 fully saturated rings. The van der Waals surface area contributed by atoms with Crippen LogP contribution in [-0.2, 0) is 0 Å². The Balaban J connectivity index is 1.38. The predicted molar refractivity (Wildman–Crippen MR) is 119 cm³/mol. The fraction of sp³-hybridized carbons (Fsp3) is 0.304. The van der Waals surface area contributed by atoms with E-state index in [0.717, 1.165) is 42.3 Å². The molecule has 156 valence electrons. The number of halogens is 1. The van der Waals surface area contributed by atoms with Gasteiger partial charge in [0.25, 0.3) is 5.91 Å². The van der Waals surface area contributed by atoms with E-state index >= 15 is 0 Å². The molecule has 0 aliphatic heterocycles. The summed E-state index contributed by atoms with van der Waals surface area (Å²) in [5, 5.41) is 18.4. The van der Waals surface area contributed by atoms with Gasteiger partial charge in [-0.25, -0.2) is 0 Å². The Bertz CT molecular complexity index is 1060. The summed E-state index contributed by atoms with van der Waals surface area (Å²) in [6, 6.07) is 12.9. The topological polar surface area (TPSA) is 83.5 Å². The lowest BCUT2D eigenvalue weighted by atomic mass is 9.90. The van der Waals surface area contributed by atoms with Crippen LogP contribution in [0.25, 0.3) is 10.9 Å². The van der Waals surface area contributed by atoms with Crippen LogP contribution < -0.4 is 15.4 Å². The molecule has 2 aromatic carbocycles. The van der Waals surface area contributed by atoms with E-state index in [2.05, 4.69) is 15.6 Å². The average molecular weight is 426 g/mol. The number of nitrogens with zero attached hydrogens (tertiary/aromatic N) is 1. The smallest absolute Gasteiger partial charge is 0.259 e. The molecule has 0 radical (unpaired) electrons. The molecule has 7 heteroatoms. The Morgan fingerprint density at radius 2 is 1.90 bits per heavy atom. The van der Waals surface area contributed by atoms with Crippen molar-refractivity contribution in [3.63, 3.8) is 0 Å². The molecule has 0 unspecified atom stereocenters. The molecule has 0 atom stereocenters. The minimum Gasteiger partial charge on any atom is -0.507 e. The van der Waals surface area contributed by atoms with Gasteiger partial charge in [-0.1, -0.05) is 17.7 Å². The van der Waals surface area contributed by atoms with Gasteiger partial charge in [0.05, 0.1) is 12.6 Å². The maximum absolute atomic E-state index is 12.7. The third kappa shape index (κ3) is 4.28. The van der Waals surface area contributed by atoms with E-state index in [-0.39, 0.29) is 23.3 Å². The number of fused-ring (bicyclic) bond motifs is 1. The van der Waals surface area contributed by atoms with Crippen molar-refractivity contribution in [3.8, 4) is 11.5 Å². The van der Waals surface area contributed by atoms with E-state index in [1.807, 2.05) is 24.3 Å². The standard InChI is InChI=1S/C23H24ClN3O3/c1-30-21-4-2-3-20(28)22(21)23(29)27-16-8-6-15(7-9-16)26-18-11-12-25-19-13-14(24)5-10-17(18)19/h2-5,10-13,15-16,28H,6-9H2,1H3,(H,25,26)(H,27,29). The largest absolute Gasteiger partial charge is 0.507 e. The van der Waals surface area contributed by atoms with Crippen molar-refractivity contribution in [3.05, 3.63) is 59.2 Å². The lowest BCUT2D eigenvalue weighted by Gasteiger charge is -2.30. The van der Waals surface area contributed by atoms with Crippen LogP contribution in [-0.4, -0.2) is 35.2 Å². The summed E-state index contributed by atoms with van der Waals surface area (Å²) >= 11 is 6.08. The van der Waals surface area contributed by atoms with Crippen molar-refractivity contribution in [2.24, 2.45) is 0 Å². The molecule has 1 amide bonds. The Hall–Kier alpha value is -2.99. The lowest BCUT2D eigenvalue weighted by Crippen LogP contribution is -2.40. The van der Waals surface area contributed by atoms with Gasteiger partial charge in [0.1, 0.15) is 17.1 Å². The maximum atomic E-state index is 12.7. The number of ether oxygens (including phenoxy) is 1. The van der Waals surface area contributed by atoms with Gasteiger partial charge in [-0.05, 0) is 62.1 Å². The summed E-state index contributed by atoms with van der Waals surface area (Å²) in [4.78, 5) is 17.1. The summed E-state index contributed by atoms with van der Waals surface area (Å²) in [6.07, 6.45) is 5.36. The molecule has 1 heterocycles. The molecule has 1 saturated carbocycles. The number of anilines is 1. The Kier molecular flexibility index (Phi) is 5.95. The Labute approximate surface area is 180 Å². The zero-order valence-corrected chi connectivity index (χ0v) is 17.4. The van der Waals surface area contributed by atoms with E-state index < -0.39 is 0 Å². The number of phenols is 1. The number of carbonyl (C=O) groups is 1. The van der Waals surface area contributed by atoms with Crippen LogP contribution in [0.2, 0.25) is 5.02 Å². The molecule has 0 bridgehead atoms. The summed E-state index contributed by atoms with van der Waals surface area (Å²) in [5.74, 6) is -0.0160. The number of carbonyl (C=O) groups excluding carboxylic acids is 1. The fourth-order valence-electron chi connectivity index (χ4n) is 4.02. The normalized spacial score (nSPS) is 18.7. The number of hydrogen-bond donors (Lipinski definition) is 3. The third-order valence-corrected chi connectivity index (χ3v) is 5.81. The predicted octanol–water partition coefficient (Wildman–Crippen LogP) is 4.76. The molecule has 1 aromatic heterocycles. The summed E-state index contributed by atoms with van der Waals surface area (Å²) in [5.41, 5.74) is 2.09. The van der Waals surface area contributed by atoms with Crippen LogP contribution in [0.3, 0.4) is 0 Å². The third-order valence-electron chi connectivity index (χ3n) is 5.58. The first-order chi connectivity index (χ1) is 14.5. The fourth-order valence-corrected chi connectivity index (χ4v) is 4.19. The first-order valence-electron chi connectivity index (χ1n) is 10.0. The highest BCUT2D eigenvalue weighted by atomic mass is 35.5. The number of rotatable bonds is 5. The number of methoxy groups -OCH3 is 1. The van der Waals surface area contributed by atoms with E-state index in [1.165, 1.54) is 13.2 Å². The highest BCUT2D eigenvalue weighted by Gasteiger charge is 2.25. The van der Waals surface area contributed by atoms with Gasteiger partial charge in [-0.3, -0.25) is 9.78 Å². The monoisotopic (exact) mass is 425 g/mol. The van der Waals surface area contributed by atoms with E-state index in [0.29, 0.717) is 16.8 Å². The van der Waals surface area contributed by atoms with Crippen molar-refractivity contribution < 1.29 is 14.6 Å². The first kappa shape index (κ1) is 20.3. The number of phenolic OH excluding ortho intramolecular Hbond substituents is 1. The van der Waals surface area contributed by atoms with E-state index in [4.69, 9.17) is 16.3 Å². The van der Waals surface area contributed by atoms with Crippen molar-refractivity contribution in [1.82, 2.24) is 10.3 Å². The molecule has 0 spiro atoms. The van der Waals surface area contributed by atoms with Gasteiger partial charge in [0.15, 0.2) is 0 Å². The summed E-state index contributed by atoms with van der Waals surface area (Å²) < 4.78 is 5.22. The average Bonchev–Trinajstić information content (AvgIpc) is 2.74.